The van der Waals surface area contributed by atoms with Gasteiger partial charge in [0.1, 0.15) is 0 Å². The third kappa shape index (κ3) is 3.70. The summed E-state index contributed by atoms with van der Waals surface area (Å²) in [5.74, 6) is 3.27. The van der Waals surface area contributed by atoms with Gasteiger partial charge in [0.25, 0.3) is 0 Å². The van der Waals surface area contributed by atoms with Crippen molar-refractivity contribution in [2.24, 2.45) is 0 Å². The van der Waals surface area contributed by atoms with Gasteiger partial charge in [-0.3, -0.25) is 0 Å². The summed E-state index contributed by atoms with van der Waals surface area (Å²) < 4.78 is 0. The van der Waals surface area contributed by atoms with Crippen LogP contribution in [0.2, 0.25) is 5.02 Å². The molecular weight excluding hydrogens is 288 g/mol. The second-order valence-electron chi connectivity index (χ2n) is 5.79. The molecule has 0 unspecified atom stereocenters. The molecule has 0 aromatic heterocycles. The van der Waals surface area contributed by atoms with Crippen LogP contribution in [-0.4, -0.2) is 48.6 Å². The van der Waals surface area contributed by atoms with E-state index < -0.39 is 0 Å². The molecule has 4 heteroatoms. The van der Waals surface area contributed by atoms with Crippen molar-refractivity contribution < 1.29 is 0 Å². The van der Waals surface area contributed by atoms with Crippen molar-refractivity contribution in [3.8, 4) is 0 Å². The number of benzene rings is 1. The fourth-order valence-electron chi connectivity index (χ4n) is 3.10. The highest BCUT2D eigenvalue weighted by Gasteiger charge is 2.30. The fraction of sp³-hybridized carbons (Fsp3) is 0.625. The summed E-state index contributed by atoms with van der Waals surface area (Å²) in [6.45, 7) is 4.86. The molecule has 1 saturated heterocycles. The lowest BCUT2D eigenvalue weighted by molar-refractivity contribution is 0.255. The van der Waals surface area contributed by atoms with E-state index in [1.807, 2.05) is 12.1 Å². The molecule has 1 heterocycles. The van der Waals surface area contributed by atoms with Crippen LogP contribution in [0.15, 0.2) is 24.3 Å². The Balaban J connectivity index is 1.35. The van der Waals surface area contributed by atoms with Crippen molar-refractivity contribution in [3.63, 3.8) is 0 Å². The van der Waals surface area contributed by atoms with Gasteiger partial charge in [-0.05, 0) is 30.4 Å². The lowest BCUT2D eigenvalue weighted by atomic mass is 9.76. The monoisotopic (exact) mass is 310 g/mol. The average molecular weight is 311 g/mol. The molecule has 2 fully saturated rings. The van der Waals surface area contributed by atoms with Gasteiger partial charge in [-0.2, -0.15) is 11.8 Å². The predicted octanol–water partition coefficient (Wildman–Crippen LogP) is 3.22. The van der Waals surface area contributed by atoms with Crippen molar-refractivity contribution >= 4 is 23.4 Å². The maximum atomic E-state index is 6.26. The van der Waals surface area contributed by atoms with Gasteiger partial charge in [0.05, 0.1) is 0 Å². The molecule has 3 rings (SSSR count). The van der Waals surface area contributed by atoms with Gasteiger partial charge in [0.2, 0.25) is 0 Å². The van der Waals surface area contributed by atoms with Crippen LogP contribution < -0.4 is 5.32 Å². The van der Waals surface area contributed by atoms with Crippen LogP contribution in [0.25, 0.3) is 0 Å². The van der Waals surface area contributed by atoms with E-state index in [-0.39, 0.29) is 0 Å². The summed E-state index contributed by atoms with van der Waals surface area (Å²) in [4.78, 5) is 2.58. The first-order chi connectivity index (χ1) is 9.83. The van der Waals surface area contributed by atoms with E-state index in [1.54, 1.807) is 0 Å². The Labute approximate surface area is 131 Å². The molecular formula is C16H23ClN2S. The smallest absolute Gasteiger partial charge is 0.0440 e. The minimum absolute atomic E-state index is 0.660. The van der Waals surface area contributed by atoms with Crippen LogP contribution in [0, 0.1) is 0 Å². The third-order valence-corrected chi connectivity index (χ3v) is 5.73. The predicted molar refractivity (Wildman–Crippen MR) is 89.0 cm³/mol. The van der Waals surface area contributed by atoms with Crippen molar-refractivity contribution in [3.05, 3.63) is 34.9 Å². The Kier molecular flexibility index (Phi) is 5.27. The van der Waals surface area contributed by atoms with Crippen LogP contribution >= 0.6 is 23.4 Å². The number of hydrogen-bond donors (Lipinski definition) is 1. The number of nitrogens with zero attached hydrogens (tertiary/aromatic N) is 1. The van der Waals surface area contributed by atoms with Gasteiger partial charge >= 0.3 is 0 Å². The van der Waals surface area contributed by atoms with Crippen molar-refractivity contribution in [2.75, 3.05) is 37.7 Å². The molecule has 0 radical (unpaired) electrons. The quantitative estimate of drug-likeness (QED) is 0.899. The van der Waals surface area contributed by atoms with Gasteiger partial charge in [0, 0.05) is 48.7 Å². The van der Waals surface area contributed by atoms with Gasteiger partial charge in [-0.1, -0.05) is 29.8 Å². The van der Waals surface area contributed by atoms with Crippen molar-refractivity contribution in [1.29, 1.82) is 0 Å². The van der Waals surface area contributed by atoms with E-state index in [0.717, 1.165) is 11.6 Å². The van der Waals surface area contributed by atoms with E-state index in [2.05, 4.69) is 34.1 Å². The average Bonchev–Trinajstić information content (AvgIpc) is 2.44. The zero-order valence-electron chi connectivity index (χ0n) is 11.9. The number of halogens is 1. The maximum Gasteiger partial charge on any atom is 0.0440 e. The molecule has 1 N–H and O–H groups in total. The van der Waals surface area contributed by atoms with Crippen LogP contribution in [-0.2, 0) is 0 Å². The lowest BCUT2D eigenvalue weighted by Gasteiger charge is -2.37. The van der Waals surface area contributed by atoms with Crippen molar-refractivity contribution in [2.45, 2.75) is 24.8 Å². The Morgan fingerprint density at radius 1 is 1.20 bits per heavy atom. The molecule has 20 heavy (non-hydrogen) atoms. The van der Waals surface area contributed by atoms with Crippen LogP contribution in [0.1, 0.15) is 24.3 Å². The van der Waals surface area contributed by atoms with Crippen LogP contribution in [0.3, 0.4) is 0 Å². The molecule has 1 saturated carbocycles. The minimum atomic E-state index is 0.660. The molecule has 0 atom stereocenters. The molecule has 2 aliphatic rings. The first-order valence-electron chi connectivity index (χ1n) is 7.61. The summed E-state index contributed by atoms with van der Waals surface area (Å²) in [5.41, 5.74) is 1.33. The largest absolute Gasteiger partial charge is 0.313 e. The zero-order valence-corrected chi connectivity index (χ0v) is 13.4. The third-order valence-electron chi connectivity index (χ3n) is 4.45. The maximum absolute atomic E-state index is 6.26. The van der Waals surface area contributed by atoms with E-state index in [1.165, 1.54) is 49.5 Å². The highest BCUT2D eigenvalue weighted by atomic mass is 35.5. The van der Waals surface area contributed by atoms with Gasteiger partial charge in [-0.25, -0.2) is 0 Å². The molecule has 2 nitrogen and oxygen atoms in total. The Morgan fingerprint density at radius 2 is 1.95 bits per heavy atom. The fourth-order valence-corrected chi connectivity index (χ4v) is 4.36. The lowest BCUT2D eigenvalue weighted by Crippen LogP contribution is -2.44. The molecule has 1 aromatic carbocycles. The Hall–Kier alpha value is -0.220. The summed E-state index contributed by atoms with van der Waals surface area (Å²) in [5, 5.41) is 4.63. The standard InChI is InChI=1S/C16H23ClN2S/c17-16-4-2-1-3-15(16)13-11-14(12-13)18-5-6-19-7-9-20-10-8-19/h1-4,13-14,18H,5-12H2. The number of thioether (sulfide) groups is 1. The Bertz CT molecular complexity index is 428. The highest BCUT2D eigenvalue weighted by molar-refractivity contribution is 7.99. The minimum Gasteiger partial charge on any atom is -0.313 e. The molecule has 0 spiro atoms. The van der Waals surface area contributed by atoms with E-state index in [4.69, 9.17) is 11.6 Å². The molecule has 0 bridgehead atoms. The number of rotatable bonds is 5. The first kappa shape index (κ1) is 14.7. The number of hydrogen-bond acceptors (Lipinski definition) is 3. The topological polar surface area (TPSA) is 15.3 Å². The first-order valence-corrected chi connectivity index (χ1v) is 9.14. The summed E-state index contributed by atoms with van der Waals surface area (Å²) in [7, 11) is 0. The second-order valence-corrected chi connectivity index (χ2v) is 7.43. The van der Waals surface area contributed by atoms with Gasteiger partial charge in [-0.15, -0.1) is 0 Å². The summed E-state index contributed by atoms with van der Waals surface area (Å²) >= 11 is 8.34. The molecule has 1 aromatic rings. The van der Waals surface area contributed by atoms with E-state index in [0.29, 0.717) is 12.0 Å². The molecule has 110 valence electrons. The second kappa shape index (κ2) is 7.17. The molecule has 1 aliphatic carbocycles. The highest BCUT2D eigenvalue weighted by Crippen LogP contribution is 2.39. The van der Waals surface area contributed by atoms with E-state index >= 15 is 0 Å². The number of nitrogens with one attached hydrogen (secondary N) is 1. The van der Waals surface area contributed by atoms with Gasteiger partial charge < -0.3 is 10.2 Å². The SMILES string of the molecule is Clc1ccccc1C1CC(NCCN2CCSCC2)C1. The summed E-state index contributed by atoms with van der Waals surface area (Å²) in [6, 6.07) is 8.98. The zero-order chi connectivity index (χ0) is 13.8. The van der Waals surface area contributed by atoms with Crippen LogP contribution in [0.5, 0.6) is 0 Å². The normalized spacial score (nSPS) is 27.2. The Morgan fingerprint density at radius 3 is 2.70 bits per heavy atom. The van der Waals surface area contributed by atoms with Gasteiger partial charge in [0.15, 0.2) is 0 Å². The van der Waals surface area contributed by atoms with E-state index in [9.17, 15) is 0 Å². The van der Waals surface area contributed by atoms with Crippen LogP contribution in [0.4, 0.5) is 0 Å². The molecule has 0 amide bonds. The van der Waals surface area contributed by atoms with Crippen molar-refractivity contribution in [1.82, 2.24) is 10.2 Å². The molecule has 1 aliphatic heterocycles. The summed E-state index contributed by atoms with van der Waals surface area (Å²) in [6.07, 6.45) is 2.47.